The lowest BCUT2D eigenvalue weighted by molar-refractivity contribution is -0.00802. The molecule has 2 aliphatic rings. The summed E-state index contributed by atoms with van der Waals surface area (Å²) in [5.41, 5.74) is 0.732. The lowest BCUT2D eigenvalue weighted by Gasteiger charge is -2.51. The maximum absolute atomic E-state index is 2.72. The Hall–Kier alpha value is -0.0800. The molecule has 0 spiro atoms. The van der Waals surface area contributed by atoms with E-state index in [4.69, 9.17) is 0 Å². The van der Waals surface area contributed by atoms with Crippen molar-refractivity contribution in [3.63, 3.8) is 0 Å². The molecule has 0 radical (unpaired) electrons. The second-order valence-electron chi connectivity index (χ2n) is 8.86. The maximum Gasteiger partial charge on any atom is 0.0331 e. The van der Waals surface area contributed by atoms with Crippen molar-refractivity contribution in [2.24, 2.45) is 5.92 Å². The van der Waals surface area contributed by atoms with Crippen LogP contribution in [0.3, 0.4) is 0 Å². The predicted octanol–water partition coefficient (Wildman–Crippen LogP) is 4.54. The molecule has 124 valence electrons. The van der Waals surface area contributed by atoms with Gasteiger partial charge >= 0.3 is 0 Å². The fourth-order valence-corrected chi connectivity index (χ4v) is 4.43. The Morgan fingerprint density at radius 1 is 1.05 bits per heavy atom. The van der Waals surface area contributed by atoms with Crippen LogP contribution in [-0.4, -0.2) is 48.1 Å². The molecular weight excluding hydrogens is 256 g/mol. The van der Waals surface area contributed by atoms with Crippen LogP contribution in [0, 0.1) is 5.92 Å². The van der Waals surface area contributed by atoms with Gasteiger partial charge in [-0.3, -0.25) is 4.90 Å². The molecule has 1 heterocycles. The molecule has 0 bridgehead atoms. The zero-order valence-corrected chi connectivity index (χ0v) is 15.2. The molecule has 0 aromatic carbocycles. The van der Waals surface area contributed by atoms with Crippen molar-refractivity contribution in [3.05, 3.63) is 0 Å². The van der Waals surface area contributed by atoms with Crippen LogP contribution in [0.25, 0.3) is 0 Å². The topological polar surface area (TPSA) is 6.48 Å². The van der Waals surface area contributed by atoms with Crippen molar-refractivity contribution in [2.45, 2.75) is 89.6 Å². The van der Waals surface area contributed by atoms with Crippen LogP contribution < -0.4 is 0 Å². The monoisotopic (exact) mass is 294 g/mol. The van der Waals surface area contributed by atoms with Gasteiger partial charge in [0.25, 0.3) is 0 Å². The van der Waals surface area contributed by atoms with Gasteiger partial charge in [0.05, 0.1) is 0 Å². The number of likely N-dealkylation sites (N-methyl/N-ethyl adjacent to an activating group) is 1. The first-order valence-electron chi connectivity index (χ1n) is 9.26. The molecule has 0 aromatic rings. The Labute approximate surface area is 133 Å². The van der Waals surface area contributed by atoms with Gasteiger partial charge in [0.2, 0.25) is 0 Å². The summed E-state index contributed by atoms with van der Waals surface area (Å²) in [5.74, 6) is 1.01. The Balaban J connectivity index is 1.98. The SMILES string of the molecule is CN(C)[C@]1(CCC2CCCCC2)CCCN(C(C)(C)C)C1. The molecule has 2 rings (SSSR count). The first-order valence-corrected chi connectivity index (χ1v) is 9.26. The molecule has 1 atom stereocenters. The van der Waals surface area contributed by atoms with E-state index in [1.165, 1.54) is 70.9 Å². The second kappa shape index (κ2) is 7.00. The summed E-state index contributed by atoms with van der Waals surface area (Å²) >= 11 is 0. The summed E-state index contributed by atoms with van der Waals surface area (Å²) in [4.78, 5) is 5.27. The van der Waals surface area contributed by atoms with Gasteiger partial charge in [-0.25, -0.2) is 0 Å². The van der Waals surface area contributed by atoms with Crippen LogP contribution in [0.15, 0.2) is 0 Å². The molecule has 0 aromatic heterocycles. The van der Waals surface area contributed by atoms with Crippen molar-refractivity contribution < 1.29 is 0 Å². The largest absolute Gasteiger partial charge is 0.302 e. The van der Waals surface area contributed by atoms with Gasteiger partial charge in [0.1, 0.15) is 0 Å². The molecule has 2 nitrogen and oxygen atoms in total. The molecular formula is C19H38N2. The summed E-state index contributed by atoms with van der Waals surface area (Å²) in [6.45, 7) is 9.67. The average molecular weight is 295 g/mol. The molecule has 1 saturated heterocycles. The van der Waals surface area contributed by atoms with Crippen LogP contribution >= 0.6 is 0 Å². The highest BCUT2D eigenvalue weighted by Gasteiger charge is 2.40. The number of piperidine rings is 1. The molecule has 1 aliphatic heterocycles. The van der Waals surface area contributed by atoms with E-state index in [1.54, 1.807) is 0 Å². The molecule has 0 amide bonds. The van der Waals surface area contributed by atoms with Crippen molar-refractivity contribution in [1.82, 2.24) is 9.80 Å². The van der Waals surface area contributed by atoms with Crippen LogP contribution in [0.1, 0.15) is 78.6 Å². The zero-order valence-electron chi connectivity index (χ0n) is 15.2. The highest BCUT2D eigenvalue weighted by Crippen LogP contribution is 2.37. The number of likely N-dealkylation sites (tertiary alicyclic amines) is 1. The molecule has 2 heteroatoms. The van der Waals surface area contributed by atoms with Gasteiger partial charge in [-0.15, -0.1) is 0 Å². The van der Waals surface area contributed by atoms with E-state index < -0.39 is 0 Å². The minimum absolute atomic E-state index is 0.312. The summed E-state index contributed by atoms with van der Waals surface area (Å²) in [6, 6.07) is 0. The molecule has 1 aliphatic carbocycles. The fourth-order valence-electron chi connectivity index (χ4n) is 4.43. The Kier molecular flexibility index (Phi) is 5.76. The predicted molar refractivity (Wildman–Crippen MR) is 92.8 cm³/mol. The van der Waals surface area contributed by atoms with E-state index in [0.717, 1.165) is 5.92 Å². The Bertz CT molecular complexity index is 312. The molecule has 1 saturated carbocycles. The summed E-state index contributed by atoms with van der Waals surface area (Å²) in [6.07, 6.45) is 13.0. The highest BCUT2D eigenvalue weighted by molar-refractivity contribution is 4.97. The molecule has 2 fully saturated rings. The van der Waals surface area contributed by atoms with Gasteiger partial charge < -0.3 is 4.90 Å². The number of hydrogen-bond acceptors (Lipinski definition) is 2. The average Bonchev–Trinajstić information content (AvgIpc) is 2.45. The van der Waals surface area contributed by atoms with Crippen LogP contribution in [0.2, 0.25) is 0 Å². The first-order chi connectivity index (χ1) is 9.83. The second-order valence-corrected chi connectivity index (χ2v) is 8.86. The fraction of sp³-hybridized carbons (Fsp3) is 1.00. The Morgan fingerprint density at radius 3 is 2.29 bits per heavy atom. The van der Waals surface area contributed by atoms with Crippen LogP contribution in [0.5, 0.6) is 0 Å². The van der Waals surface area contributed by atoms with E-state index in [0.29, 0.717) is 11.1 Å². The number of nitrogens with zero attached hydrogens (tertiary/aromatic N) is 2. The van der Waals surface area contributed by atoms with Crippen LogP contribution in [0.4, 0.5) is 0 Å². The lowest BCUT2D eigenvalue weighted by Crippen LogP contribution is -2.60. The quantitative estimate of drug-likeness (QED) is 0.751. The van der Waals surface area contributed by atoms with Gasteiger partial charge in [-0.2, -0.15) is 0 Å². The molecule has 0 N–H and O–H groups in total. The van der Waals surface area contributed by atoms with Crippen molar-refractivity contribution in [3.8, 4) is 0 Å². The summed E-state index contributed by atoms with van der Waals surface area (Å²) in [5, 5.41) is 0. The minimum Gasteiger partial charge on any atom is -0.302 e. The van der Waals surface area contributed by atoms with Crippen molar-refractivity contribution >= 4 is 0 Å². The molecule has 0 unspecified atom stereocenters. The number of hydrogen-bond donors (Lipinski definition) is 0. The smallest absolute Gasteiger partial charge is 0.0331 e. The standard InChI is InChI=1S/C19H38N2/c1-18(2,3)21-15-9-13-19(16-21,20(4)5)14-12-17-10-7-6-8-11-17/h17H,6-16H2,1-5H3/t19-/m0/s1. The van der Waals surface area contributed by atoms with Gasteiger partial charge in [0, 0.05) is 17.6 Å². The van der Waals surface area contributed by atoms with Crippen LogP contribution in [-0.2, 0) is 0 Å². The van der Waals surface area contributed by atoms with E-state index in [9.17, 15) is 0 Å². The third-order valence-corrected chi connectivity index (χ3v) is 6.20. The van der Waals surface area contributed by atoms with Crippen molar-refractivity contribution in [1.29, 1.82) is 0 Å². The first kappa shape index (κ1) is 17.3. The maximum atomic E-state index is 2.72. The minimum atomic E-state index is 0.312. The van der Waals surface area contributed by atoms with Gasteiger partial charge in [0.15, 0.2) is 0 Å². The normalized spacial score (nSPS) is 30.0. The Morgan fingerprint density at radius 2 is 1.71 bits per heavy atom. The molecule has 21 heavy (non-hydrogen) atoms. The van der Waals surface area contributed by atoms with Gasteiger partial charge in [-0.1, -0.05) is 32.1 Å². The third-order valence-electron chi connectivity index (χ3n) is 6.20. The summed E-state index contributed by atoms with van der Waals surface area (Å²) < 4.78 is 0. The zero-order chi connectivity index (χ0) is 15.5. The van der Waals surface area contributed by atoms with E-state index in [-0.39, 0.29) is 0 Å². The van der Waals surface area contributed by atoms with E-state index in [2.05, 4.69) is 44.7 Å². The summed E-state index contributed by atoms with van der Waals surface area (Å²) in [7, 11) is 4.63. The van der Waals surface area contributed by atoms with E-state index in [1.807, 2.05) is 0 Å². The van der Waals surface area contributed by atoms with Crippen molar-refractivity contribution in [2.75, 3.05) is 27.2 Å². The number of rotatable bonds is 4. The van der Waals surface area contributed by atoms with Gasteiger partial charge in [-0.05, 0) is 73.0 Å². The lowest BCUT2D eigenvalue weighted by atomic mass is 9.77. The van der Waals surface area contributed by atoms with E-state index >= 15 is 0 Å². The highest BCUT2D eigenvalue weighted by atomic mass is 15.3. The third kappa shape index (κ3) is 4.45.